The number of carbonyl (C=O) groups is 1. The summed E-state index contributed by atoms with van der Waals surface area (Å²) in [5.41, 5.74) is 7.36. The van der Waals surface area contributed by atoms with E-state index in [0.717, 1.165) is 45.3 Å². The monoisotopic (exact) mass is 559 g/mol. The number of hydrogen-bond donors (Lipinski definition) is 2. The lowest BCUT2D eigenvalue weighted by Crippen LogP contribution is -2.52. The van der Waals surface area contributed by atoms with E-state index in [1.165, 1.54) is 5.57 Å². The number of carbonyl (C=O) groups excluding carboxylic acids is 1. The molecule has 2 atom stereocenters. The summed E-state index contributed by atoms with van der Waals surface area (Å²) in [5.74, 6) is -0.102. The van der Waals surface area contributed by atoms with Gasteiger partial charge in [-0.15, -0.1) is 11.3 Å². The van der Waals surface area contributed by atoms with Gasteiger partial charge in [0.25, 0.3) is 0 Å². The zero-order valence-electron chi connectivity index (χ0n) is 20.1. The van der Waals surface area contributed by atoms with E-state index < -0.39 is 6.04 Å². The number of nitrogens with one attached hydrogen (secondary N) is 2. The SMILES string of the molecule is C[C@@H](NC(=O)C(NN(C)c1ccc(Cl)cc1Cl)C1=C/C(=C/c2ccc(Cl)s2)CCC1)c1ccccc1. The number of thiophene rings is 1. The Morgan fingerprint density at radius 2 is 1.83 bits per heavy atom. The van der Waals surface area contributed by atoms with Crippen LogP contribution in [0.2, 0.25) is 14.4 Å². The Kier molecular flexibility index (Phi) is 9.15. The highest BCUT2D eigenvalue weighted by molar-refractivity contribution is 7.17. The van der Waals surface area contributed by atoms with Crippen LogP contribution >= 0.6 is 46.1 Å². The van der Waals surface area contributed by atoms with Gasteiger partial charge in [-0.2, -0.15) is 0 Å². The van der Waals surface area contributed by atoms with Crippen LogP contribution in [0.25, 0.3) is 6.08 Å². The number of halogens is 3. The van der Waals surface area contributed by atoms with Crippen molar-refractivity contribution in [1.29, 1.82) is 0 Å². The van der Waals surface area contributed by atoms with Crippen molar-refractivity contribution >= 4 is 63.8 Å². The van der Waals surface area contributed by atoms with Crippen molar-refractivity contribution in [3.05, 3.63) is 103 Å². The van der Waals surface area contributed by atoms with Crippen LogP contribution in [-0.4, -0.2) is 19.0 Å². The summed E-state index contributed by atoms with van der Waals surface area (Å²) in [4.78, 5) is 14.8. The molecule has 0 saturated heterocycles. The minimum atomic E-state index is -0.580. The fraction of sp³-hybridized carbons (Fsp3) is 0.250. The molecule has 0 fully saturated rings. The molecule has 4 rings (SSSR count). The molecule has 1 aliphatic carbocycles. The van der Waals surface area contributed by atoms with Gasteiger partial charge in [-0.25, -0.2) is 5.43 Å². The molecule has 1 amide bonds. The lowest BCUT2D eigenvalue weighted by molar-refractivity contribution is -0.123. The van der Waals surface area contributed by atoms with Crippen LogP contribution in [0.15, 0.2) is 77.9 Å². The van der Waals surface area contributed by atoms with E-state index >= 15 is 0 Å². The first-order chi connectivity index (χ1) is 17.3. The quantitative estimate of drug-likeness (QED) is 0.274. The second-order valence-corrected chi connectivity index (χ2v) is 11.4. The molecule has 0 bridgehead atoms. The Morgan fingerprint density at radius 1 is 1.06 bits per heavy atom. The third-order valence-corrected chi connectivity index (χ3v) is 7.82. The Balaban J connectivity index is 1.62. The van der Waals surface area contributed by atoms with Crippen LogP contribution in [0.5, 0.6) is 0 Å². The molecule has 2 aromatic carbocycles. The molecule has 188 valence electrons. The third kappa shape index (κ3) is 6.93. The Bertz CT molecular complexity index is 1270. The molecule has 3 aromatic rings. The Labute approximate surface area is 231 Å². The van der Waals surface area contributed by atoms with Gasteiger partial charge in [0, 0.05) is 16.9 Å². The predicted octanol–water partition coefficient (Wildman–Crippen LogP) is 8.09. The van der Waals surface area contributed by atoms with Crippen molar-refractivity contribution in [1.82, 2.24) is 10.7 Å². The average Bonchev–Trinajstić information content (AvgIpc) is 3.27. The van der Waals surface area contributed by atoms with Crippen LogP contribution in [0.4, 0.5) is 5.69 Å². The summed E-state index contributed by atoms with van der Waals surface area (Å²) in [7, 11) is 1.85. The number of benzene rings is 2. The second kappa shape index (κ2) is 12.3. The highest BCUT2D eigenvalue weighted by atomic mass is 35.5. The second-order valence-electron chi connectivity index (χ2n) is 8.79. The molecular weight excluding hydrogens is 533 g/mol. The molecule has 1 unspecified atom stereocenters. The normalized spacial score (nSPS) is 16.4. The van der Waals surface area contributed by atoms with Gasteiger partial charge < -0.3 is 10.3 Å². The highest BCUT2D eigenvalue weighted by Crippen LogP contribution is 2.31. The smallest absolute Gasteiger partial charge is 0.243 e. The van der Waals surface area contributed by atoms with Crippen molar-refractivity contribution in [2.75, 3.05) is 12.1 Å². The van der Waals surface area contributed by atoms with E-state index in [1.807, 2.05) is 62.5 Å². The van der Waals surface area contributed by atoms with Crippen molar-refractivity contribution in [3.63, 3.8) is 0 Å². The minimum absolute atomic E-state index is 0.102. The molecule has 1 heterocycles. The van der Waals surface area contributed by atoms with Crippen molar-refractivity contribution in [2.24, 2.45) is 0 Å². The zero-order chi connectivity index (χ0) is 25.7. The van der Waals surface area contributed by atoms with Gasteiger partial charge in [-0.05, 0) is 79.3 Å². The molecular formula is C28H28Cl3N3OS. The van der Waals surface area contributed by atoms with Gasteiger partial charge in [0.15, 0.2) is 0 Å². The van der Waals surface area contributed by atoms with Crippen molar-refractivity contribution in [2.45, 2.75) is 38.3 Å². The molecule has 1 aromatic heterocycles. The molecule has 1 aliphatic rings. The van der Waals surface area contributed by atoms with E-state index in [4.69, 9.17) is 34.8 Å². The number of amides is 1. The third-order valence-electron chi connectivity index (χ3n) is 6.11. The number of nitrogens with zero attached hydrogens (tertiary/aromatic N) is 1. The first-order valence-corrected chi connectivity index (χ1v) is 13.7. The summed E-state index contributed by atoms with van der Waals surface area (Å²) in [6, 6.07) is 18.4. The van der Waals surface area contributed by atoms with Gasteiger partial charge in [-0.1, -0.05) is 71.2 Å². The molecule has 0 saturated carbocycles. The zero-order valence-corrected chi connectivity index (χ0v) is 23.2. The summed E-state index contributed by atoms with van der Waals surface area (Å²) in [6.07, 6.45) is 7.01. The minimum Gasteiger partial charge on any atom is -0.348 e. The molecule has 36 heavy (non-hydrogen) atoms. The fourth-order valence-electron chi connectivity index (χ4n) is 4.26. The van der Waals surface area contributed by atoms with Gasteiger partial charge in [-0.3, -0.25) is 4.79 Å². The van der Waals surface area contributed by atoms with Gasteiger partial charge in [0.2, 0.25) is 5.91 Å². The number of anilines is 1. The van der Waals surface area contributed by atoms with E-state index in [0.29, 0.717) is 10.0 Å². The number of allylic oxidation sites excluding steroid dienone is 2. The van der Waals surface area contributed by atoms with Crippen LogP contribution in [-0.2, 0) is 4.79 Å². The lowest BCUT2D eigenvalue weighted by Gasteiger charge is -2.31. The topological polar surface area (TPSA) is 44.4 Å². The van der Waals surface area contributed by atoms with E-state index in [2.05, 4.69) is 22.9 Å². The predicted molar refractivity (Wildman–Crippen MR) is 154 cm³/mol. The molecule has 4 nitrogen and oxygen atoms in total. The highest BCUT2D eigenvalue weighted by Gasteiger charge is 2.28. The lowest BCUT2D eigenvalue weighted by atomic mass is 9.90. The van der Waals surface area contributed by atoms with Crippen molar-refractivity contribution in [3.8, 4) is 0 Å². The van der Waals surface area contributed by atoms with Gasteiger partial charge in [0.1, 0.15) is 6.04 Å². The van der Waals surface area contributed by atoms with Gasteiger partial charge in [0.05, 0.1) is 21.1 Å². The number of rotatable bonds is 8. The van der Waals surface area contributed by atoms with Gasteiger partial charge >= 0.3 is 0 Å². The number of hydrogen-bond acceptors (Lipinski definition) is 4. The summed E-state index contributed by atoms with van der Waals surface area (Å²) in [5, 5.41) is 6.03. The van der Waals surface area contributed by atoms with Crippen LogP contribution < -0.4 is 15.8 Å². The molecule has 0 aliphatic heterocycles. The van der Waals surface area contributed by atoms with Crippen LogP contribution in [0.1, 0.15) is 42.7 Å². The standard InChI is InChI=1S/C28H28Cl3N3OS/c1-18(20-8-4-3-5-9-20)32-28(35)27(33-34(2)25-13-11-22(29)17-24(25)30)21-10-6-7-19(15-21)16-23-12-14-26(31)36-23/h3-5,8-9,11-18,27,33H,6-7,10H2,1-2H3,(H,32,35)/b19-16+/t18-,27?/m1/s1. The molecule has 0 spiro atoms. The number of hydrazine groups is 1. The molecule has 0 radical (unpaired) electrons. The molecule has 8 heteroatoms. The fourth-order valence-corrected chi connectivity index (χ4v) is 5.83. The van der Waals surface area contributed by atoms with Crippen molar-refractivity contribution < 1.29 is 4.79 Å². The van der Waals surface area contributed by atoms with E-state index in [-0.39, 0.29) is 11.9 Å². The maximum Gasteiger partial charge on any atom is 0.243 e. The summed E-state index contributed by atoms with van der Waals surface area (Å²) >= 11 is 20.2. The van der Waals surface area contributed by atoms with E-state index in [9.17, 15) is 4.79 Å². The summed E-state index contributed by atoms with van der Waals surface area (Å²) in [6.45, 7) is 1.99. The van der Waals surface area contributed by atoms with E-state index in [1.54, 1.807) is 28.5 Å². The maximum atomic E-state index is 13.7. The van der Waals surface area contributed by atoms with Crippen LogP contribution in [0, 0.1) is 0 Å². The Morgan fingerprint density at radius 3 is 2.53 bits per heavy atom. The first-order valence-electron chi connectivity index (χ1n) is 11.8. The first kappa shape index (κ1) is 26.8. The largest absolute Gasteiger partial charge is 0.348 e. The van der Waals surface area contributed by atoms with Crippen LogP contribution in [0.3, 0.4) is 0 Å². The Hall–Kier alpha value is -2.28. The average molecular weight is 561 g/mol. The maximum absolute atomic E-state index is 13.7. The summed E-state index contributed by atoms with van der Waals surface area (Å²) < 4.78 is 0.761. The molecule has 2 N–H and O–H groups in total.